The van der Waals surface area contributed by atoms with Gasteiger partial charge in [0.1, 0.15) is 0 Å². The van der Waals surface area contributed by atoms with Gasteiger partial charge in [0.25, 0.3) is 0 Å². The topological polar surface area (TPSA) is 35.6 Å². The van der Waals surface area contributed by atoms with Gasteiger partial charge in [-0.3, -0.25) is 4.79 Å². The molecule has 1 amide bonds. The van der Waals surface area contributed by atoms with Crippen molar-refractivity contribution in [1.82, 2.24) is 5.32 Å². The van der Waals surface area contributed by atoms with Crippen molar-refractivity contribution >= 4 is 17.3 Å². The summed E-state index contributed by atoms with van der Waals surface area (Å²) >= 11 is 0. The normalized spacial score (nSPS) is 19.6. The summed E-state index contributed by atoms with van der Waals surface area (Å²) in [4.78, 5) is 17.8. The number of alkyl halides is 3. The molecule has 2 heterocycles. The average molecular weight is 480 g/mol. The third kappa shape index (κ3) is 4.99. The van der Waals surface area contributed by atoms with Crippen molar-refractivity contribution in [3.8, 4) is 0 Å². The van der Waals surface area contributed by atoms with E-state index in [2.05, 4.69) is 27.2 Å². The van der Waals surface area contributed by atoms with Crippen LogP contribution >= 0.6 is 0 Å². The molecular formula is C28H28F3N3O. The molecule has 0 saturated carbocycles. The van der Waals surface area contributed by atoms with Gasteiger partial charge in [0, 0.05) is 37.6 Å². The van der Waals surface area contributed by atoms with E-state index in [4.69, 9.17) is 0 Å². The number of para-hydroxylation sites is 1. The van der Waals surface area contributed by atoms with E-state index in [0.29, 0.717) is 38.0 Å². The number of nitrogens with zero attached hydrogens (tertiary/aromatic N) is 2. The molecule has 1 saturated heterocycles. The number of piperazine rings is 1. The van der Waals surface area contributed by atoms with Crippen LogP contribution in [0.4, 0.5) is 24.5 Å². The van der Waals surface area contributed by atoms with Gasteiger partial charge in [-0.05, 0) is 54.3 Å². The largest absolute Gasteiger partial charge is 0.416 e. The fourth-order valence-corrected chi connectivity index (χ4v) is 5.28. The molecule has 0 aliphatic carbocycles. The molecule has 0 unspecified atom stereocenters. The van der Waals surface area contributed by atoms with Crippen LogP contribution in [0.25, 0.3) is 0 Å². The van der Waals surface area contributed by atoms with Gasteiger partial charge in [-0.15, -0.1) is 0 Å². The Kier molecular flexibility index (Phi) is 6.41. The molecule has 3 aromatic carbocycles. The smallest absolute Gasteiger partial charge is 0.368 e. The summed E-state index contributed by atoms with van der Waals surface area (Å²) in [6, 6.07) is 23.8. The Bertz CT molecular complexity index is 1170. The van der Waals surface area contributed by atoms with E-state index < -0.39 is 17.7 Å². The summed E-state index contributed by atoms with van der Waals surface area (Å²) in [5.74, 6) is -0.540. The van der Waals surface area contributed by atoms with Crippen molar-refractivity contribution in [2.45, 2.75) is 25.1 Å². The zero-order chi connectivity index (χ0) is 24.4. The first-order valence-corrected chi connectivity index (χ1v) is 12.0. The van der Waals surface area contributed by atoms with Crippen molar-refractivity contribution in [2.75, 3.05) is 36.0 Å². The molecule has 2 aliphatic heterocycles. The molecule has 0 bridgehead atoms. The van der Waals surface area contributed by atoms with Gasteiger partial charge in [-0.25, -0.2) is 0 Å². The Hall–Kier alpha value is -3.48. The molecule has 2 aliphatic rings. The number of amides is 1. The second-order valence-electron chi connectivity index (χ2n) is 9.22. The second-order valence-corrected chi connectivity index (χ2v) is 9.22. The van der Waals surface area contributed by atoms with E-state index in [0.717, 1.165) is 29.5 Å². The van der Waals surface area contributed by atoms with Crippen LogP contribution in [-0.4, -0.2) is 38.1 Å². The Morgan fingerprint density at radius 1 is 0.943 bits per heavy atom. The maximum Gasteiger partial charge on any atom is 0.416 e. The fourth-order valence-electron chi connectivity index (χ4n) is 5.28. The summed E-state index contributed by atoms with van der Waals surface area (Å²) in [6.07, 6.45) is -3.41. The lowest BCUT2D eigenvalue weighted by Gasteiger charge is -2.49. The fraction of sp³-hybridized carbons (Fsp3) is 0.321. The molecule has 7 heteroatoms. The van der Waals surface area contributed by atoms with E-state index in [1.807, 2.05) is 48.5 Å². The minimum absolute atomic E-state index is 0.103. The maximum atomic E-state index is 13.4. The van der Waals surface area contributed by atoms with Crippen LogP contribution in [0.15, 0.2) is 78.9 Å². The number of nitrogens with one attached hydrogen (secondary N) is 1. The summed E-state index contributed by atoms with van der Waals surface area (Å²) in [5.41, 5.74) is 2.96. The molecule has 0 radical (unpaired) electrons. The predicted molar refractivity (Wildman–Crippen MR) is 132 cm³/mol. The average Bonchev–Trinajstić information content (AvgIpc) is 2.88. The van der Waals surface area contributed by atoms with Crippen LogP contribution < -0.4 is 15.1 Å². The SMILES string of the molecule is O=C(NCCc1ccccc1)[C@@H]1Cc2cc(C(F)(F)F)ccc2N2CCN(c3ccccc3)C[C@H]12. The lowest BCUT2D eigenvalue weighted by molar-refractivity contribution is -0.137. The summed E-state index contributed by atoms with van der Waals surface area (Å²) in [7, 11) is 0. The summed E-state index contributed by atoms with van der Waals surface area (Å²) < 4.78 is 40.2. The highest BCUT2D eigenvalue weighted by atomic mass is 19.4. The standard InChI is InChI=1S/C28H28F3N3O/c29-28(30,31)22-11-12-25-21(17-22)18-24(27(35)32-14-13-20-7-3-1-4-8-20)26-19-33(15-16-34(25)26)23-9-5-2-6-10-23/h1-12,17,24,26H,13-16,18-19H2,(H,32,35)/t24-,26-/m1/s1. The minimum atomic E-state index is -4.41. The third-order valence-corrected chi connectivity index (χ3v) is 7.05. The number of fused-ring (bicyclic) bond motifs is 3. The Morgan fingerprint density at radius 2 is 1.66 bits per heavy atom. The Labute approximate surface area is 203 Å². The van der Waals surface area contributed by atoms with Gasteiger partial charge in [0.15, 0.2) is 0 Å². The highest BCUT2D eigenvalue weighted by Crippen LogP contribution is 2.40. The lowest BCUT2D eigenvalue weighted by Crippen LogP contribution is -2.61. The van der Waals surface area contributed by atoms with Gasteiger partial charge >= 0.3 is 6.18 Å². The van der Waals surface area contributed by atoms with Crippen LogP contribution in [0.1, 0.15) is 16.7 Å². The number of rotatable bonds is 5. The maximum absolute atomic E-state index is 13.4. The molecule has 1 N–H and O–H groups in total. The number of hydrogen-bond acceptors (Lipinski definition) is 3. The van der Waals surface area contributed by atoms with Crippen molar-refractivity contribution in [3.63, 3.8) is 0 Å². The van der Waals surface area contributed by atoms with E-state index >= 15 is 0 Å². The third-order valence-electron chi connectivity index (χ3n) is 7.05. The molecule has 0 spiro atoms. The van der Waals surface area contributed by atoms with Gasteiger partial charge in [-0.1, -0.05) is 48.5 Å². The number of anilines is 2. The van der Waals surface area contributed by atoms with Crippen molar-refractivity contribution in [3.05, 3.63) is 95.6 Å². The van der Waals surface area contributed by atoms with Crippen LogP contribution in [0.2, 0.25) is 0 Å². The number of carbonyl (C=O) groups is 1. The second kappa shape index (κ2) is 9.64. The number of carbonyl (C=O) groups excluding carboxylic acids is 1. The van der Waals surface area contributed by atoms with Crippen LogP contribution in [0.5, 0.6) is 0 Å². The molecule has 1 fully saturated rings. The van der Waals surface area contributed by atoms with Crippen molar-refractivity contribution in [2.24, 2.45) is 5.92 Å². The highest BCUT2D eigenvalue weighted by Gasteiger charge is 2.42. The predicted octanol–water partition coefficient (Wildman–Crippen LogP) is 4.93. The van der Waals surface area contributed by atoms with E-state index in [1.54, 1.807) is 6.07 Å². The van der Waals surface area contributed by atoms with Crippen LogP contribution in [0.3, 0.4) is 0 Å². The number of benzene rings is 3. The zero-order valence-electron chi connectivity index (χ0n) is 19.3. The molecule has 35 heavy (non-hydrogen) atoms. The van der Waals surface area contributed by atoms with Gasteiger partial charge in [-0.2, -0.15) is 13.2 Å². The molecular weight excluding hydrogens is 451 g/mol. The number of hydrogen-bond donors (Lipinski definition) is 1. The molecule has 2 atom stereocenters. The first-order valence-electron chi connectivity index (χ1n) is 12.0. The monoisotopic (exact) mass is 479 g/mol. The van der Waals surface area contributed by atoms with Crippen molar-refractivity contribution in [1.29, 1.82) is 0 Å². The summed E-state index contributed by atoms with van der Waals surface area (Å²) in [6.45, 7) is 2.51. The number of halogens is 3. The first-order chi connectivity index (χ1) is 16.9. The molecule has 4 nitrogen and oxygen atoms in total. The Morgan fingerprint density at radius 3 is 2.37 bits per heavy atom. The lowest BCUT2D eigenvalue weighted by atomic mass is 9.82. The highest BCUT2D eigenvalue weighted by molar-refractivity contribution is 5.82. The minimum Gasteiger partial charge on any atom is -0.368 e. The molecule has 0 aromatic heterocycles. The molecule has 3 aromatic rings. The Balaban J connectivity index is 1.40. The van der Waals surface area contributed by atoms with Crippen LogP contribution in [0, 0.1) is 5.92 Å². The quantitative estimate of drug-likeness (QED) is 0.564. The molecule has 182 valence electrons. The van der Waals surface area contributed by atoms with Crippen LogP contribution in [-0.2, 0) is 23.8 Å². The van der Waals surface area contributed by atoms with E-state index in [9.17, 15) is 18.0 Å². The summed E-state index contributed by atoms with van der Waals surface area (Å²) in [5, 5.41) is 3.06. The first kappa shape index (κ1) is 23.3. The van der Waals surface area contributed by atoms with Gasteiger partial charge in [0.05, 0.1) is 17.5 Å². The van der Waals surface area contributed by atoms with Gasteiger partial charge < -0.3 is 15.1 Å². The van der Waals surface area contributed by atoms with Gasteiger partial charge in [0.2, 0.25) is 5.91 Å². The van der Waals surface area contributed by atoms with E-state index in [-0.39, 0.29) is 11.9 Å². The molecule has 5 rings (SSSR count). The van der Waals surface area contributed by atoms with Crippen molar-refractivity contribution < 1.29 is 18.0 Å². The van der Waals surface area contributed by atoms with E-state index in [1.165, 1.54) is 6.07 Å². The zero-order valence-corrected chi connectivity index (χ0v) is 19.3.